The van der Waals surface area contributed by atoms with Crippen LogP contribution in [0.3, 0.4) is 0 Å². The number of benzene rings is 2. The third-order valence-corrected chi connectivity index (χ3v) is 7.50. The number of hydrogen-bond donors (Lipinski definition) is 1. The molecule has 170 valence electrons. The second-order valence-corrected chi connectivity index (χ2v) is 10.1. The van der Waals surface area contributed by atoms with Gasteiger partial charge in [0.15, 0.2) is 0 Å². The molecule has 0 aromatic heterocycles. The Hall–Kier alpha value is -2.87. The summed E-state index contributed by atoms with van der Waals surface area (Å²) < 4.78 is 28.9. The molecule has 2 amide bonds. The molecular formula is C24H29N3O4S. The highest BCUT2D eigenvalue weighted by atomic mass is 32.2. The molecular weight excluding hydrogens is 426 g/mol. The number of anilines is 2. The van der Waals surface area contributed by atoms with Gasteiger partial charge in [0, 0.05) is 31.7 Å². The van der Waals surface area contributed by atoms with Crippen LogP contribution in [0.15, 0.2) is 47.4 Å². The van der Waals surface area contributed by atoms with E-state index in [0.29, 0.717) is 31.6 Å². The zero-order valence-electron chi connectivity index (χ0n) is 18.3. The van der Waals surface area contributed by atoms with Gasteiger partial charge in [-0.25, -0.2) is 8.42 Å². The lowest BCUT2D eigenvalue weighted by Gasteiger charge is -2.22. The summed E-state index contributed by atoms with van der Waals surface area (Å²) in [7, 11) is -3.91. The van der Waals surface area contributed by atoms with Gasteiger partial charge in [-0.1, -0.05) is 25.0 Å². The molecule has 0 aliphatic carbocycles. The van der Waals surface area contributed by atoms with Crippen molar-refractivity contribution in [2.45, 2.75) is 50.3 Å². The molecule has 0 atom stereocenters. The van der Waals surface area contributed by atoms with E-state index in [2.05, 4.69) is 4.72 Å². The van der Waals surface area contributed by atoms with E-state index in [1.165, 1.54) is 6.07 Å². The van der Waals surface area contributed by atoms with Crippen molar-refractivity contribution in [1.82, 2.24) is 4.90 Å². The topological polar surface area (TPSA) is 86.8 Å². The Morgan fingerprint density at radius 3 is 2.31 bits per heavy atom. The van der Waals surface area contributed by atoms with Crippen molar-refractivity contribution in [2.75, 3.05) is 29.3 Å². The quantitative estimate of drug-likeness (QED) is 0.740. The van der Waals surface area contributed by atoms with E-state index in [-0.39, 0.29) is 22.4 Å². The van der Waals surface area contributed by atoms with Crippen molar-refractivity contribution in [3.8, 4) is 0 Å². The van der Waals surface area contributed by atoms with Gasteiger partial charge in [-0.15, -0.1) is 0 Å². The van der Waals surface area contributed by atoms with Crippen LogP contribution in [-0.4, -0.2) is 44.8 Å². The number of aryl methyl sites for hydroxylation is 1. The first-order valence-electron chi connectivity index (χ1n) is 11.2. The van der Waals surface area contributed by atoms with Crippen molar-refractivity contribution >= 4 is 33.2 Å². The zero-order chi connectivity index (χ0) is 22.7. The Kier molecular flexibility index (Phi) is 6.50. The normalized spacial score (nSPS) is 17.3. The Labute approximate surface area is 189 Å². The second-order valence-electron chi connectivity index (χ2n) is 8.45. The van der Waals surface area contributed by atoms with Crippen LogP contribution in [-0.2, 0) is 14.8 Å². The summed E-state index contributed by atoms with van der Waals surface area (Å²) in [4.78, 5) is 28.8. The maximum absolute atomic E-state index is 13.1. The molecule has 2 saturated heterocycles. The summed E-state index contributed by atoms with van der Waals surface area (Å²) in [5, 5.41) is 0. The van der Waals surface area contributed by atoms with Crippen LogP contribution in [0.2, 0.25) is 0 Å². The standard InChI is InChI=1S/C24H29N3O4S/c1-18-17-19(12-13-22(18)27-16-8-11-23(27)28)32(30,31)25-21-10-5-4-9-20(21)24(29)26-14-6-2-3-7-15-26/h4-5,9-10,12-13,17,25H,2-3,6-8,11,14-16H2,1H3. The van der Waals surface area contributed by atoms with Crippen LogP contribution in [0, 0.1) is 6.92 Å². The number of nitrogens with one attached hydrogen (secondary N) is 1. The van der Waals surface area contributed by atoms with E-state index in [1.807, 2.05) is 4.90 Å². The first-order chi connectivity index (χ1) is 15.4. The van der Waals surface area contributed by atoms with Gasteiger partial charge in [0.2, 0.25) is 5.91 Å². The number of amides is 2. The molecule has 2 fully saturated rings. The minimum Gasteiger partial charge on any atom is -0.339 e. The highest BCUT2D eigenvalue weighted by Crippen LogP contribution is 2.29. The monoisotopic (exact) mass is 455 g/mol. The van der Waals surface area contributed by atoms with Crippen LogP contribution in [0.4, 0.5) is 11.4 Å². The van der Waals surface area contributed by atoms with Gasteiger partial charge < -0.3 is 9.80 Å². The van der Waals surface area contributed by atoms with E-state index >= 15 is 0 Å². The Bertz CT molecular complexity index is 1120. The summed E-state index contributed by atoms with van der Waals surface area (Å²) in [5.41, 5.74) is 2.09. The van der Waals surface area contributed by atoms with E-state index in [0.717, 1.165) is 43.4 Å². The number of carbonyl (C=O) groups excluding carboxylic acids is 2. The average molecular weight is 456 g/mol. The minimum atomic E-state index is -3.91. The molecule has 1 N–H and O–H groups in total. The van der Waals surface area contributed by atoms with E-state index in [1.54, 1.807) is 48.2 Å². The smallest absolute Gasteiger partial charge is 0.261 e. The van der Waals surface area contributed by atoms with Crippen LogP contribution < -0.4 is 9.62 Å². The highest BCUT2D eigenvalue weighted by molar-refractivity contribution is 7.92. The number of rotatable bonds is 5. The number of sulfonamides is 1. The van der Waals surface area contributed by atoms with E-state index in [9.17, 15) is 18.0 Å². The Balaban J connectivity index is 1.58. The molecule has 8 heteroatoms. The number of hydrogen-bond acceptors (Lipinski definition) is 4. The molecule has 0 unspecified atom stereocenters. The molecule has 0 radical (unpaired) electrons. The zero-order valence-corrected chi connectivity index (χ0v) is 19.2. The second kappa shape index (κ2) is 9.32. The fourth-order valence-electron chi connectivity index (χ4n) is 4.41. The summed E-state index contributed by atoms with van der Waals surface area (Å²) in [5.74, 6) is -0.0907. The maximum atomic E-state index is 13.1. The predicted molar refractivity (Wildman–Crippen MR) is 124 cm³/mol. The van der Waals surface area contributed by atoms with Gasteiger partial charge in [0.05, 0.1) is 16.1 Å². The van der Waals surface area contributed by atoms with Crippen LogP contribution in [0.25, 0.3) is 0 Å². The van der Waals surface area contributed by atoms with Crippen molar-refractivity contribution in [3.05, 3.63) is 53.6 Å². The molecule has 4 rings (SSSR count). The molecule has 2 aliphatic heterocycles. The fourth-order valence-corrected chi connectivity index (χ4v) is 5.57. The molecule has 0 saturated carbocycles. The molecule has 2 aliphatic rings. The lowest BCUT2D eigenvalue weighted by atomic mass is 10.1. The maximum Gasteiger partial charge on any atom is 0.261 e. The summed E-state index contributed by atoms with van der Waals surface area (Å²) in [6.07, 6.45) is 5.47. The van der Waals surface area contributed by atoms with E-state index in [4.69, 9.17) is 0 Å². The number of nitrogens with zero attached hydrogens (tertiary/aromatic N) is 2. The third kappa shape index (κ3) is 4.65. The first kappa shape index (κ1) is 22.3. The van der Waals surface area contributed by atoms with Gasteiger partial charge in [-0.05, 0) is 62.1 Å². The van der Waals surface area contributed by atoms with Crippen LogP contribution in [0.5, 0.6) is 0 Å². The Morgan fingerprint density at radius 1 is 0.938 bits per heavy atom. The number of carbonyl (C=O) groups is 2. The molecule has 2 heterocycles. The van der Waals surface area contributed by atoms with Gasteiger partial charge in [0.25, 0.3) is 15.9 Å². The van der Waals surface area contributed by atoms with Crippen molar-refractivity contribution in [2.24, 2.45) is 0 Å². The minimum absolute atomic E-state index is 0.0581. The molecule has 7 nitrogen and oxygen atoms in total. The average Bonchev–Trinajstić information content (AvgIpc) is 3.02. The van der Waals surface area contributed by atoms with Crippen molar-refractivity contribution in [3.63, 3.8) is 0 Å². The van der Waals surface area contributed by atoms with E-state index < -0.39 is 10.0 Å². The molecule has 0 spiro atoms. The summed E-state index contributed by atoms with van der Waals surface area (Å²) in [6.45, 7) is 3.83. The van der Waals surface area contributed by atoms with Crippen molar-refractivity contribution in [1.29, 1.82) is 0 Å². The fraction of sp³-hybridized carbons (Fsp3) is 0.417. The van der Waals surface area contributed by atoms with Gasteiger partial charge in [-0.3, -0.25) is 14.3 Å². The third-order valence-electron chi connectivity index (χ3n) is 6.14. The first-order valence-corrected chi connectivity index (χ1v) is 12.7. The lowest BCUT2D eigenvalue weighted by Crippen LogP contribution is -2.32. The highest BCUT2D eigenvalue weighted by Gasteiger charge is 2.26. The molecule has 2 aromatic rings. The van der Waals surface area contributed by atoms with Crippen LogP contribution >= 0.6 is 0 Å². The molecule has 32 heavy (non-hydrogen) atoms. The summed E-state index contributed by atoms with van der Waals surface area (Å²) in [6, 6.07) is 11.5. The molecule has 0 bridgehead atoms. The van der Waals surface area contributed by atoms with Gasteiger partial charge in [-0.2, -0.15) is 0 Å². The number of para-hydroxylation sites is 1. The lowest BCUT2D eigenvalue weighted by molar-refractivity contribution is -0.117. The van der Waals surface area contributed by atoms with Crippen molar-refractivity contribution < 1.29 is 18.0 Å². The van der Waals surface area contributed by atoms with Gasteiger partial charge >= 0.3 is 0 Å². The predicted octanol–water partition coefficient (Wildman–Crippen LogP) is 3.94. The SMILES string of the molecule is Cc1cc(S(=O)(=O)Nc2ccccc2C(=O)N2CCCCCC2)ccc1N1CCCC1=O. The number of likely N-dealkylation sites (tertiary alicyclic amines) is 1. The van der Waals surface area contributed by atoms with Crippen LogP contribution in [0.1, 0.15) is 54.4 Å². The Morgan fingerprint density at radius 2 is 1.66 bits per heavy atom. The molecule has 2 aromatic carbocycles. The largest absolute Gasteiger partial charge is 0.339 e. The summed E-state index contributed by atoms with van der Waals surface area (Å²) >= 11 is 0. The van der Waals surface area contributed by atoms with Gasteiger partial charge in [0.1, 0.15) is 0 Å².